The highest BCUT2D eigenvalue weighted by Crippen LogP contribution is 2.19. The van der Waals surface area contributed by atoms with Crippen LogP contribution in [0.2, 0.25) is 5.15 Å². The van der Waals surface area contributed by atoms with Gasteiger partial charge in [0, 0.05) is 12.1 Å². The minimum Gasteiger partial charge on any atom is -0.388 e. The van der Waals surface area contributed by atoms with Crippen molar-refractivity contribution >= 4 is 17.6 Å². The summed E-state index contributed by atoms with van der Waals surface area (Å²) in [7, 11) is 0. The summed E-state index contributed by atoms with van der Waals surface area (Å²) in [6, 6.07) is 2.02. The molecule has 1 heterocycles. The first-order chi connectivity index (χ1) is 7.88. The Labute approximate surface area is 105 Å². The molecule has 0 bridgehead atoms. The lowest BCUT2D eigenvalue weighted by molar-refractivity contribution is 0.443. The van der Waals surface area contributed by atoms with Gasteiger partial charge in [-0.2, -0.15) is 10.2 Å². The van der Waals surface area contributed by atoms with Gasteiger partial charge in [-0.3, -0.25) is 0 Å². The van der Waals surface area contributed by atoms with Crippen LogP contribution in [0.25, 0.3) is 0 Å². The molecule has 0 aromatic carbocycles. The van der Waals surface area contributed by atoms with E-state index in [-0.39, 0.29) is 28.8 Å². The fourth-order valence-corrected chi connectivity index (χ4v) is 1.81. The van der Waals surface area contributed by atoms with Crippen LogP contribution in [0.3, 0.4) is 0 Å². The van der Waals surface area contributed by atoms with Crippen LogP contribution in [-0.4, -0.2) is 17.1 Å². The van der Waals surface area contributed by atoms with Gasteiger partial charge in [-0.05, 0) is 27.7 Å². The zero-order valence-electron chi connectivity index (χ0n) is 10.2. The van der Waals surface area contributed by atoms with Crippen LogP contribution in [0.5, 0.6) is 0 Å². The van der Waals surface area contributed by atoms with Crippen LogP contribution in [-0.2, 0) is 0 Å². The van der Waals surface area contributed by atoms with Gasteiger partial charge in [-0.25, -0.2) is 4.79 Å². The lowest BCUT2D eigenvalue weighted by Crippen LogP contribution is -2.38. The lowest BCUT2D eigenvalue weighted by atomic mass is 10.2. The number of anilines is 1. The van der Waals surface area contributed by atoms with Crippen molar-refractivity contribution < 1.29 is 4.42 Å². The molecule has 1 rings (SSSR count). The second-order valence-electron chi connectivity index (χ2n) is 4.16. The number of nitriles is 1. The van der Waals surface area contributed by atoms with Gasteiger partial charge in [0.2, 0.25) is 0 Å². The first-order valence-corrected chi connectivity index (χ1v) is 5.65. The predicted octanol–water partition coefficient (Wildman–Crippen LogP) is 2.18. The molecule has 1 aromatic heterocycles. The van der Waals surface area contributed by atoms with E-state index < -0.39 is 5.63 Å². The average molecular weight is 256 g/mol. The fraction of sp³-hybridized carbons (Fsp3) is 0.545. The van der Waals surface area contributed by atoms with Crippen LogP contribution in [0, 0.1) is 11.3 Å². The molecule has 0 aliphatic heterocycles. The zero-order valence-corrected chi connectivity index (χ0v) is 10.9. The summed E-state index contributed by atoms with van der Waals surface area (Å²) in [4.78, 5) is 17.3. The minimum absolute atomic E-state index is 0.106. The summed E-state index contributed by atoms with van der Waals surface area (Å²) in [6.07, 6.45) is 0. The van der Waals surface area contributed by atoms with Crippen molar-refractivity contribution in [1.29, 1.82) is 5.26 Å². The van der Waals surface area contributed by atoms with E-state index in [9.17, 15) is 4.79 Å². The Hall–Kier alpha value is -1.54. The third-order valence-electron chi connectivity index (χ3n) is 2.23. The molecule has 0 unspecified atom stereocenters. The van der Waals surface area contributed by atoms with Gasteiger partial charge < -0.3 is 9.32 Å². The molecule has 1 aromatic rings. The van der Waals surface area contributed by atoms with Gasteiger partial charge in [-0.1, -0.05) is 11.6 Å². The quantitative estimate of drug-likeness (QED) is 0.828. The van der Waals surface area contributed by atoms with Crippen molar-refractivity contribution in [3.8, 4) is 6.07 Å². The molecular weight excluding hydrogens is 242 g/mol. The van der Waals surface area contributed by atoms with Gasteiger partial charge in [0.15, 0.2) is 10.7 Å². The molecule has 92 valence electrons. The Morgan fingerprint density at radius 3 is 2.24 bits per heavy atom. The molecule has 6 heteroatoms. The highest BCUT2D eigenvalue weighted by atomic mass is 35.5. The highest BCUT2D eigenvalue weighted by Gasteiger charge is 2.21. The van der Waals surface area contributed by atoms with Gasteiger partial charge in [-0.15, -0.1) is 0 Å². The molecule has 0 aliphatic rings. The Balaban J connectivity index is 3.34. The van der Waals surface area contributed by atoms with Gasteiger partial charge in [0.1, 0.15) is 6.07 Å². The number of hydrogen-bond donors (Lipinski definition) is 0. The molecule has 0 spiro atoms. The Kier molecular flexibility index (Phi) is 4.13. The van der Waals surface area contributed by atoms with E-state index in [1.807, 2.05) is 32.6 Å². The summed E-state index contributed by atoms with van der Waals surface area (Å²) in [5.41, 5.74) is -1.02. The normalized spacial score (nSPS) is 10.7. The van der Waals surface area contributed by atoms with Crippen molar-refractivity contribution in [3.05, 3.63) is 21.1 Å². The molecule has 5 nitrogen and oxygen atoms in total. The maximum absolute atomic E-state index is 11.5. The third kappa shape index (κ3) is 2.77. The van der Waals surface area contributed by atoms with E-state index in [1.54, 1.807) is 6.07 Å². The molecular formula is C11H14ClN3O2. The van der Waals surface area contributed by atoms with Crippen molar-refractivity contribution in [2.24, 2.45) is 0 Å². The maximum Gasteiger partial charge on any atom is 0.359 e. The van der Waals surface area contributed by atoms with Crippen molar-refractivity contribution in [3.63, 3.8) is 0 Å². The largest absolute Gasteiger partial charge is 0.388 e. The van der Waals surface area contributed by atoms with E-state index in [4.69, 9.17) is 21.3 Å². The lowest BCUT2D eigenvalue weighted by Gasteiger charge is -2.29. The van der Waals surface area contributed by atoms with E-state index >= 15 is 0 Å². The summed E-state index contributed by atoms with van der Waals surface area (Å²) < 4.78 is 5.02. The minimum atomic E-state index is -0.756. The van der Waals surface area contributed by atoms with E-state index in [0.29, 0.717) is 0 Å². The second kappa shape index (κ2) is 5.19. The van der Waals surface area contributed by atoms with Crippen molar-refractivity contribution in [1.82, 2.24) is 4.98 Å². The van der Waals surface area contributed by atoms with E-state index in [2.05, 4.69) is 4.98 Å². The first kappa shape index (κ1) is 13.5. The number of hydrogen-bond acceptors (Lipinski definition) is 5. The number of aromatic nitrogens is 1. The average Bonchev–Trinajstić information content (AvgIpc) is 2.15. The van der Waals surface area contributed by atoms with Gasteiger partial charge in [0.05, 0.1) is 0 Å². The van der Waals surface area contributed by atoms with Gasteiger partial charge in [0.25, 0.3) is 0 Å². The SMILES string of the molecule is CC(C)N(c1nc(Cl)c(C#N)c(=O)o1)C(C)C. The highest BCUT2D eigenvalue weighted by molar-refractivity contribution is 6.30. The summed E-state index contributed by atoms with van der Waals surface area (Å²) >= 11 is 5.77. The number of rotatable bonds is 3. The fourth-order valence-electron chi connectivity index (χ4n) is 1.62. The smallest absolute Gasteiger partial charge is 0.359 e. The number of halogens is 1. The zero-order chi connectivity index (χ0) is 13.2. The van der Waals surface area contributed by atoms with Crippen molar-refractivity contribution in [2.45, 2.75) is 39.8 Å². The summed E-state index contributed by atoms with van der Waals surface area (Å²) in [6.45, 7) is 7.81. The van der Waals surface area contributed by atoms with Crippen LogP contribution in [0.15, 0.2) is 9.21 Å². The van der Waals surface area contributed by atoms with Gasteiger partial charge >= 0.3 is 11.6 Å². The van der Waals surface area contributed by atoms with Crippen LogP contribution >= 0.6 is 11.6 Å². The van der Waals surface area contributed by atoms with E-state index in [0.717, 1.165) is 0 Å². The van der Waals surface area contributed by atoms with Crippen LogP contribution < -0.4 is 10.5 Å². The Morgan fingerprint density at radius 2 is 1.88 bits per heavy atom. The molecule has 0 atom stereocenters. The first-order valence-electron chi connectivity index (χ1n) is 5.27. The molecule has 0 radical (unpaired) electrons. The van der Waals surface area contributed by atoms with E-state index in [1.165, 1.54) is 0 Å². The van der Waals surface area contributed by atoms with Crippen LogP contribution in [0.4, 0.5) is 6.01 Å². The van der Waals surface area contributed by atoms with Crippen molar-refractivity contribution in [2.75, 3.05) is 4.90 Å². The summed E-state index contributed by atoms with van der Waals surface area (Å²) in [5, 5.41) is 8.58. The third-order valence-corrected chi connectivity index (χ3v) is 2.51. The standard InChI is InChI=1S/C11H14ClN3O2/c1-6(2)15(7(3)4)11-14-9(12)8(5-13)10(16)17-11/h6-7H,1-4H3. The molecule has 0 aliphatic carbocycles. The number of nitrogens with zero attached hydrogens (tertiary/aromatic N) is 3. The molecule has 0 saturated heterocycles. The summed E-state index contributed by atoms with van der Waals surface area (Å²) in [5.74, 6) is 0. The topological polar surface area (TPSA) is 70.1 Å². The Morgan fingerprint density at radius 1 is 1.35 bits per heavy atom. The Bertz CT molecular complexity index is 494. The molecule has 0 N–H and O–H groups in total. The molecule has 0 fully saturated rings. The molecule has 0 amide bonds. The predicted molar refractivity (Wildman–Crippen MR) is 65.2 cm³/mol. The molecule has 17 heavy (non-hydrogen) atoms. The molecule has 0 saturated carbocycles. The van der Waals surface area contributed by atoms with Crippen LogP contribution in [0.1, 0.15) is 33.3 Å². The maximum atomic E-state index is 11.5. The second-order valence-corrected chi connectivity index (χ2v) is 4.51. The monoisotopic (exact) mass is 255 g/mol.